The average molecular weight is 280 g/mol. The van der Waals surface area contributed by atoms with Gasteiger partial charge in [0, 0.05) is 31.9 Å². The Balaban J connectivity index is 1.87. The lowest BCUT2D eigenvalue weighted by Gasteiger charge is -2.36. The Morgan fingerprint density at radius 3 is 2.30 bits per heavy atom. The van der Waals surface area contributed by atoms with E-state index in [4.69, 9.17) is 0 Å². The highest BCUT2D eigenvalue weighted by Gasteiger charge is 2.23. The van der Waals surface area contributed by atoms with Gasteiger partial charge in [-0.1, -0.05) is 0 Å². The number of nitrogens with zero attached hydrogens (tertiary/aromatic N) is 2. The Morgan fingerprint density at radius 1 is 1.15 bits per heavy atom. The number of hydrogen-bond acceptors (Lipinski definition) is 4. The topological polar surface area (TPSA) is 49.9 Å². The van der Waals surface area contributed by atoms with Gasteiger partial charge in [0.1, 0.15) is 12.2 Å². The zero-order valence-corrected chi connectivity index (χ0v) is 11.3. The summed E-state index contributed by atoms with van der Waals surface area (Å²) in [7, 11) is 1.27. The monoisotopic (exact) mass is 280 g/mol. The number of hydrogen-bond donors (Lipinski definition) is 0. The first-order valence-electron chi connectivity index (χ1n) is 6.45. The second kappa shape index (κ2) is 6.36. The van der Waals surface area contributed by atoms with Gasteiger partial charge in [0.05, 0.1) is 7.11 Å². The SMILES string of the molecule is COC(=O)CC(=O)N1CCN(c2ccc(F)cc2)CC1. The van der Waals surface area contributed by atoms with E-state index in [1.807, 2.05) is 0 Å². The second-order valence-electron chi connectivity index (χ2n) is 4.60. The molecule has 1 aromatic rings. The van der Waals surface area contributed by atoms with E-state index in [9.17, 15) is 14.0 Å². The molecule has 1 amide bonds. The van der Waals surface area contributed by atoms with Crippen LogP contribution in [0.3, 0.4) is 0 Å². The van der Waals surface area contributed by atoms with Crippen LogP contribution in [0.2, 0.25) is 0 Å². The average Bonchev–Trinajstić information content (AvgIpc) is 2.48. The first-order valence-corrected chi connectivity index (χ1v) is 6.45. The van der Waals surface area contributed by atoms with Crippen LogP contribution < -0.4 is 4.90 Å². The number of amides is 1. The second-order valence-corrected chi connectivity index (χ2v) is 4.60. The third-order valence-electron chi connectivity index (χ3n) is 3.35. The zero-order chi connectivity index (χ0) is 14.5. The van der Waals surface area contributed by atoms with Gasteiger partial charge in [-0.15, -0.1) is 0 Å². The van der Waals surface area contributed by atoms with Crippen molar-refractivity contribution < 1.29 is 18.7 Å². The molecule has 0 bridgehead atoms. The van der Waals surface area contributed by atoms with Gasteiger partial charge in [0.2, 0.25) is 5.91 Å². The van der Waals surface area contributed by atoms with Crippen molar-refractivity contribution in [3.05, 3.63) is 30.1 Å². The van der Waals surface area contributed by atoms with Crippen molar-refractivity contribution in [1.29, 1.82) is 0 Å². The molecule has 1 aliphatic rings. The van der Waals surface area contributed by atoms with Crippen LogP contribution in [0.15, 0.2) is 24.3 Å². The van der Waals surface area contributed by atoms with Gasteiger partial charge in [-0.25, -0.2) is 4.39 Å². The normalized spacial score (nSPS) is 15.1. The molecule has 108 valence electrons. The molecular formula is C14H17FN2O3. The van der Waals surface area contributed by atoms with Crippen molar-refractivity contribution in [2.75, 3.05) is 38.2 Å². The number of carbonyl (C=O) groups is 2. The first kappa shape index (κ1) is 14.3. The molecule has 2 rings (SSSR count). The van der Waals surface area contributed by atoms with Crippen LogP contribution in [0.1, 0.15) is 6.42 Å². The van der Waals surface area contributed by atoms with Crippen LogP contribution in [-0.2, 0) is 14.3 Å². The number of carbonyl (C=O) groups excluding carboxylic acids is 2. The van der Waals surface area contributed by atoms with E-state index in [2.05, 4.69) is 9.64 Å². The summed E-state index contributed by atoms with van der Waals surface area (Å²) in [6.45, 7) is 2.43. The number of methoxy groups -OCH3 is 1. The highest BCUT2D eigenvalue weighted by molar-refractivity contribution is 5.94. The van der Waals surface area contributed by atoms with Crippen LogP contribution in [0.4, 0.5) is 10.1 Å². The maximum absolute atomic E-state index is 12.9. The Kier molecular flexibility index (Phi) is 4.55. The summed E-state index contributed by atoms with van der Waals surface area (Å²) in [6.07, 6.45) is -0.215. The maximum atomic E-state index is 12.9. The third-order valence-corrected chi connectivity index (χ3v) is 3.35. The molecule has 1 aliphatic heterocycles. The highest BCUT2D eigenvalue weighted by Crippen LogP contribution is 2.17. The van der Waals surface area contributed by atoms with Gasteiger partial charge < -0.3 is 14.5 Å². The third kappa shape index (κ3) is 3.46. The highest BCUT2D eigenvalue weighted by atomic mass is 19.1. The van der Waals surface area contributed by atoms with Crippen LogP contribution >= 0.6 is 0 Å². The zero-order valence-electron chi connectivity index (χ0n) is 11.3. The smallest absolute Gasteiger partial charge is 0.315 e. The van der Waals surface area contributed by atoms with Crippen LogP contribution in [-0.4, -0.2) is 50.1 Å². The lowest BCUT2D eigenvalue weighted by Crippen LogP contribution is -2.49. The fourth-order valence-electron chi connectivity index (χ4n) is 2.17. The Labute approximate surface area is 116 Å². The molecule has 1 heterocycles. The Hall–Kier alpha value is -2.11. The Bertz CT molecular complexity index is 482. The molecule has 1 aromatic carbocycles. The Morgan fingerprint density at radius 2 is 1.75 bits per heavy atom. The molecule has 5 nitrogen and oxygen atoms in total. The summed E-state index contributed by atoms with van der Waals surface area (Å²) in [4.78, 5) is 26.6. The first-order chi connectivity index (χ1) is 9.60. The van der Waals surface area contributed by atoms with Crippen LogP contribution in [0.5, 0.6) is 0 Å². The lowest BCUT2D eigenvalue weighted by molar-refractivity contribution is -0.146. The summed E-state index contributed by atoms with van der Waals surface area (Å²) in [6, 6.07) is 6.29. The molecule has 0 atom stereocenters. The summed E-state index contributed by atoms with van der Waals surface area (Å²) in [5.41, 5.74) is 0.937. The molecule has 0 N–H and O–H groups in total. The maximum Gasteiger partial charge on any atom is 0.315 e. The molecule has 0 radical (unpaired) electrons. The van der Waals surface area contributed by atoms with E-state index in [1.54, 1.807) is 17.0 Å². The minimum Gasteiger partial charge on any atom is -0.469 e. The van der Waals surface area contributed by atoms with E-state index in [0.29, 0.717) is 26.2 Å². The molecule has 0 unspecified atom stereocenters. The van der Waals surface area contributed by atoms with Crippen molar-refractivity contribution in [3.63, 3.8) is 0 Å². The summed E-state index contributed by atoms with van der Waals surface area (Å²) in [5.74, 6) is -0.993. The predicted octanol–water partition coefficient (Wildman–Crippen LogP) is 1.04. The summed E-state index contributed by atoms with van der Waals surface area (Å²) in [5, 5.41) is 0. The van der Waals surface area contributed by atoms with Crippen LogP contribution in [0, 0.1) is 5.82 Å². The number of piperazine rings is 1. The summed E-state index contributed by atoms with van der Waals surface area (Å²) >= 11 is 0. The standard InChI is InChI=1S/C14H17FN2O3/c1-20-14(19)10-13(18)17-8-6-16(7-9-17)12-4-2-11(15)3-5-12/h2-5H,6-10H2,1H3. The predicted molar refractivity (Wildman–Crippen MR) is 71.8 cm³/mol. The molecule has 20 heavy (non-hydrogen) atoms. The number of rotatable bonds is 3. The molecule has 0 aliphatic carbocycles. The lowest BCUT2D eigenvalue weighted by atomic mass is 10.2. The fraction of sp³-hybridized carbons (Fsp3) is 0.429. The van der Waals surface area contributed by atoms with E-state index in [1.165, 1.54) is 19.2 Å². The van der Waals surface area contributed by atoms with Gasteiger partial charge in [0.25, 0.3) is 0 Å². The number of halogens is 1. The minimum absolute atomic E-state index is 0.212. The van der Waals surface area contributed by atoms with E-state index >= 15 is 0 Å². The largest absolute Gasteiger partial charge is 0.469 e. The van der Waals surface area contributed by atoms with Crippen molar-refractivity contribution in [2.45, 2.75) is 6.42 Å². The van der Waals surface area contributed by atoms with Crippen LogP contribution in [0.25, 0.3) is 0 Å². The van der Waals surface area contributed by atoms with E-state index in [-0.39, 0.29) is 18.1 Å². The number of anilines is 1. The molecule has 1 fully saturated rings. The van der Waals surface area contributed by atoms with Gasteiger partial charge in [-0.2, -0.15) is 0 Å². The number of esters is 1. The molecule has 0 spiro atoms. The number of ether oxygens (including phenoxy) is 1. The van der Waals surface area contributed by atoms with Gasteiger partial charge >= 0.3 is 5.97 Å². The van der Waals surface area contributed by atoms with Gasteiger partial charge in [-0.3, -0.25) is 9.59 Å². The molecule has 0 saturated carbocycles. The van der Waals surface area contributed by atoms with Gasteiger partial charge in [-0.05, 0) is 24.3 Å². The van der Waals surface area contributed by atoms with E-state index in [0.717, 1.165) is 5.69 Å². The summed E-state index contributed by atoms with van der Waals surface area (Å²) < 4.78 is 17.3. The van der Waals surface area contributed by atoms with Crippen molar-refractivity contribution in [1.82, 2.24) is 4.90 Å². The molecule has 1 saturated heterocycles. The molecule has 6 heteroatoms. The van der Waals surface area contributed by atoms with Crippen molar-refractivity contribution >= 4 is 17.6 Å². The van der Waals surface area contributed by atoms with Crippen molar-refractivity contribution in [2.24, 2.45) is 0 Å². The van der Waals surface area contributed by atoms with Crippen molar-refractivity contribution in [3.8, 4) is 0 Å². The number of benzene rings is 1. The molecule has 0 aromatic heterocycles. The van der Waals surface area contributed by atoms with Gasteiger partial charge in [0.15, 0.2) is 0 Å². The minimum atomic E-state index is -0.518. The molecular weight excluding hydrogens is 263 g/mol. The quantitative estimate of drug-likeness (QED) is 0.613. The fourth-order valence-corrected chi connectivity index (χ4v) is 2.17. The van der Waals surface area contributed by atoms with E-state index < -0.39 is 5.97 Å².